The molecule has 17 heavy (non-hydrogen) atoms. The van der Waals surface area contributed by atoms with Crippen molar-refractivity contribution in [2.45, 2.75) is 0 Å². The molecule has 2 N–H and O–H groups in total. The van der Waals surface area contributed by atoms with Crippen molar-refractivity contribution in [2.75, 3.05) is 17.7 Å². The second kappa shape index (κ2) is 5.26. The smallest absolute Gasteiger partial charge is 0.135 e. The molecule has 0 bridgehead atoms. The Balaban J connectivity index is 2.25. The third kappa shape index (κ3) is 3.02. The number of anilines is 3. The Hall–Kier alpha value is -1.44. The minimum absolute atomic E-state index is 0.251. The number of rotatable bonds is 3. The first-order valence-electron chi connectivity index (χ1n) is 4.91. The highest BCUT2D eigenvalue weighted by Gasteiger charge is 2.03. The first-order chi connectivity index (χ1) is 8.19. The van der Waals surface area contributed by atoms with Gasteiger partial charge in [-0.3, -0.25) is 0 Å². The zero-order chi connectivity index (χ0) is 12.3. The van der Waals surface area contributed by atoms with Crippen molar-refractivity contribution in [3.8, 4) is 0 Å². The first-order valence-corrected chi connectivity index (χ1v) is 5.99. The zero-order valence-electron chi connectivity index (χ0n) is 9.04. The van der Waals surface area contributed by atoms with Gasteiger partial charge in [0.2, 0.25) is 0 Å². The van der Waals surface area contributed by atoms with Gasteiger partial charge in [-0.1, -0.05) is 0 Å². The summed E-state index contributed by atoms with van der Waals surface area (Å²) in [6, 6.07) is 6.32. The maximum atomic E-state index is 12.9. The Labute approximate surface area is 112 Å². The summed E-state index contributed by atoms with van der Waals surface area (Å²) >= 11 is 2.07. The number of hydrogen-bond donors (Lipinski definition) is 2. The van der Waals surface area contributed by atoms with Crippen molar-refractivity contribution in [3.63, 3.8) is 0 Å². The van der Waals surface area contributed by atoms with Gasteiger partial charge in [0.05, 0.1) is 5.69 Å². The molecule has 2 rings (SSSR count). The topological polar surface area (TPSA) is 49.8 Å². The van der Waals surface area contributed by atoms with E-state index < -0.39 is 0 Å². The number of nitrogens with zero attached hydrogens (tertiary/aromatic N) is 2. The van der Waals surface area contributed by atoms with E-state index in [4.69, 9.17) is 0 Å². The minimum atomic E-state index is -0.251. The average Bonchev–Trinajstić information content (AvgIpc) is 2.33. The second-order valence-electron chi connectivity index (χ2n) is 3.29. The van der Waals surface area contributed by atoms with Crippen LogP contribution in [0.4, 0.5) is 21.7 Å². The van der Waals surface area contributed by atoms with Crippen molar-refractivity contribution in [1.29, 1.82) is 0 Å². The standard InChI is InChI=1S/C11H10FIN4/c1-14-10-5-11(16-6-15-10)17-9-3-2-7(12)4-8(9)13/h2-6H,1H3,(H2,14,15,16,17). The van der Waals surface area contributed by atoms with Gasteiger partial charge in [0.25, 0.3) is 0 Å². The van der Waals surface area contributed by atoms with Gasteiger partial charge in [-0.05, 0) is 40.8 Å². The molecule has 0 amide bonds. The predicted octanol–water partition coefficient (Wildman–Crippen LogP) is 3.01. The van der Waals surface area contributed by atoms with Crippen LogP contribution in [0.2, 0.25) is 0 Å². The lowest BCUT2D eigenvalue weighted by molar-refractivity contribution is 0.627. The van der Waals surface area contributed by atoms with E-state index in [1.165, 1.54) is 18.5 Å². The summed E-state index contributed by atoms with van der Waals surface area (Å²) in [7, 11) is 1.79. The fourth-order valence-electron chi connectivity index (χ4n) is 1.29. The quantitative estimate of drug-likeness (QED) is 0.841. The molecule has 0 unspecified atom stereocenters. The third-order valence-corrected chi connectivity index (χ3v) is 3.01. The highest BCUT2D eigenvalue weighted by Crippen LogP contribution is 2.22. The summed E-state index contributed by atoms with van der Waals surface area (Å²) in [6.45, 7) is 0. The molecule has 1 aromatic carbocycles. The third-order valence-electron chi connectivity index (χ3n) is 2.12. The monoisotopic (exact) mass is 344 g/mol. The van der Waals surface area contributed by atoms with E-state index in [0.29, 0.717) is 5.82 Å². The van der Waals surface area contributed by atoms with Crippen molar-refractivity contribution in [3.05, 3.63) is 40.0 Å². The number of benzene rings is 1. The van der Waals surface area contributed by atoms with Crippen molar-refractivity contribution < 1.29 is 4.39 Å². The summed E-state index contributed by atoms with van der Waals surface area (Å²) in [5, 5.41) is 6.03. The van der Waals surface area contributed by atoms with Crippen LogP contribution < -0.4 is 10.6 Å². The van der Waals surface area contributed by atoms with Gasteiger partial charge in [0.1, 0.15) is 23.8 Å². The van der Waals surface area contributed by atoms with Crippen LogP contribution in [0.25, 0.3) is 0 Å². The van der Waals surface area contributed by atoms with Crippen LogP contribution in [-0.2, 0) is 0 Å². The summed E-state index contributed by atoms with van der Waals surface area (Å²) in [6.07, 6.45) is 1.46. The molecule has 2 aromatic rings. The van der Waals surface area contributed by atoms with Crippen LogP contribution in [0.15, 0.2) is 30.6 Å². The maximum absolute atomic E-state index is 12.9. The van der Waals surface area contributed by atoms with Crippen molar-refractivity contribution in [1.82, 2.24) is 9.97 Å². The van der Waals surface area contributed by atoms with Crippen molar-refractivity contribution in [2.24, 2.45) is 0 Å². The van der Waals surface area contributed by atoms with Gasteiger partial charge >= 0.3 is 0 Å². The molecule has 0 saturated carbocycles. The fraction of sp³-hybridized carbons (Fsp3) is 0.0909. The zero-order valence-corrected chi connectivity index (χ0v) is 11.2. The van der Waals surface area contributed by atoms with Crippen LogP contribution in [0.3, 0.4) is 0 Å². The number of hydrogen-bond acceptors (Lipinski definition) is 4. The van der Waals surface area contributed by atoms with Gasteiger partial charge in [-0.2, -0.15) is 0 Å². The Bertz CT molecular complexity index is 533. The van der Waals surface area contributed by atoms with Gasteiger partial charge in [-0.15, -0.1) is 0 Å². The molecule has 0 radical (unpaired) electrons. The van der Waals surface area contributed by atoms with Crippen LogP contribution in [-0.4, -0.2) is 17.0 Å². The van der Waals surface area contributed by atoms with Crippen LogP contribution in [0, 0.1) is 9.39 Å². The molecule has 0 aliphatic rings. The SMILES string of the molecule is CNc1cc(Nc2ccc(F)cc2I)ncn1. The summed E-state index contributed by atoms with van der Waals surface area (Å²) in [5.41, 5.74) is 0.813. The Kier molecular flexibility index (Phi) is 3.72. The maximum Gasteiger partial charge on any atom is 0.135 e. The molecule has 0 fully saturated rings. The van der Waals surface area contributed by atoms with E-state index in [1.54, 1.807) is 19.2 Å². The lowest BCUT2D eigenvalue weighted by atomic mass is 10.3. The molecule has 88 valence electrons. The molecule has 0 aliphatic carbocycles. The van der Waals surface area contributed by atoms with Gasteiger partial charge in [0, 0.05) is 16.7 Å². The van der Waals surface area contributed by atoms with Gasteiger partial charge < -0.3 is 10.6 Å². The summed E-state index contributed by atoms with van der Waals surface area (Å²) in [5.74, 6) is 1.13. The van der Waals surface area contributed by atoms with Crippen LogP contribution in [0.1, 0.15) is 0 Å². The van der Waals surface area contributed by atoms with E-state index in [2.05, 4.69) is 43.2 Å². The van der Waals surface area contributed by atoms with E-state index in [0.717, 1.165) is 15.1 Å². The van der Waals surface area contributed by atoms with Crippen molar-refractivity contribution >= 4 is 39.9 Å². The first kappa shape index (κ1) is 12.0. The molecule has 4 nitrogen and oxygen atoms in total. The largest absolute Gasteiger partial charge is 0.373 e. The number of aromatic nitrogens is 2. The van der Waals surface area contributed by atoms with Gasteiger partial charge in [0.15, 0.2) is 0 Å². The lowest BCUT2D eigenvalue weighted by Gasteiger charge is -2.08. The average molecular weight is 344 g/mol. The normalized spacial score (nSPS) is 10.1. The molecule has 0 atom stereocenters. The van der Waals surface area contributed by atoms with Crippen LogP contribution in [0.5, 0.6) is 0 Å². The van der Waals surface area contributed by atoms with E-state index in [9.17, 15) is 4.39 Å². The molecular formula is C11H10FIN4. The molecule has 1 heterocycles. The molecule has 6 heteroatoms. The van der Waals surface area contributed by atoms with E-state index in [-0.39, 0.29) is 5.82 Å². The van der Waals surface area contributed by atoms with E-state index in [1.807, 2.05) is 0 Å². The Morgan fingerprint density at radius 2 is 1.94 bits per heavy atom. The molecular weight excluding hydrogens is 334 g/mol. The Morgan fingerprint density at radius 3 is 2.65 bits per heavy atom. The molecule has 1 aromatic heterocycles. The van der Waals surface area contributed by atoms with Crippen LogP contribution >= 0.6 is 22.6 Å². The highest BCUT2D eigenvalue weighted by molar-refractivity contribution is 14.1. The van der Waals surface area contributed by atoms with E-state index >= 15 is 0 Å². The number of halogens is 2. The molecule has 0 saturated heterocycles. The second-order valence-corrected chi connectivity index (χ2v) is 4.45. The van der Waals surface area contributed by atoms with Gasteiger partial charge in [-0.25, -0.2) is 14.4 Å². The molecule has 0 spiro atoms. The fourth-order valence-corrected chi connectivity index (χ4v) is 1.90. The lowest BCUT2D eigenvalue weighted by Crippen LogP contribution is -1.99. The summed E-state index contributed by atoms with van der Waals surface area (Å²) < 4.78 is 13.7. The Morgan fingerprint density at radius 1 is 1.18 bits per heavy atom. The minimum Gasteiger partial charge on any atom is -0.373 e. The predicted molar refractivity (Wildman–Crippen MR) is 74.0 cm³/mol. The number of nitrogens with one attached hydrogen (secondary N) is 2. The summed E-state index contributed by atoms with van der Waals surface area (Å²) in [4.78, 5) is 8.10. The molecule has 0 aliphatic heterocycles. The highest BCUT2D eigenvalue weighted by atomic mass is 127.